The highest BCUT2D eigenvalue weighted by Gasteiger charge is 2.19. The van der Waals surface area contributed by atoms with E-state index in [9.17, 15) is 8.42 Å². The molecule has 8 heteroatoms. The van der Waals surface area contributed by atoms with Gasteiger partial charge in [-0.2, -0.15) is 4.98 Å². The minimum absolute atomic E-state index is 0.0523. The maximum absolute atomic E-state index is 11.6. The van der Waals surface area contributed by atoms with Gasteiger partial charge in [0.1, 0.15) is 0 Å². The second-order valence-electron chi connectivity index (χ2n) is 4.21. The van der Waals surface area contributed by atoms with Crippen molar-refractivity contribution in [3.8, 4) is 22.8 Å². The van der Waals surface area contributed by atoms with Crippen molar-refractivity contribution in [1.29, 1.82) is 0 Å². The van der Waals surface area contributed by atoms with Gasteiger partial charge in [0, 0.05) is 18.0 Å². The maximum atomic E-state index is 11.6. The average Bonchev–Trinajstić information content (AvgIpc) is 2.97. The Balaban J connectivity index is 2.10. The van der Waals surface area contributed by atoms with Gasteiger partial charge in [0.2, 0.25) is 15.8 Å². The number of hydrogen-bond acceptors (Lipinski definition) is 6. The third-order valence-electron chi connectivity index (χ3n) is 2.77. The Morgan fingerprint density at radius 3 is 2.62 bits per heavy atom. The molecule has 0 bridgehead atoms. The van der Waals surface area contributed by atoms with Crippen LogP contribution in [0.5, 0.6) is 0 Å². The van der Waals surface area contributed by atoms with Gasteiger partial charge in [0.25, 0.3) is 5.89 Å². The Morgan fingerprint density at radius 1 is 1.10 bits per heavy atom. The first-order valence-electron chi connectivity index (χ1n) is 5.92. The van der Waals surface area contributed by atoms with Gasteiger partial charge in [-0.25, -0.2) is 13.6 Å². The molecule has 0 unspecified atom stereocenters. The summed E-state index contributed by atoms with van der Waals surface area (Å²) in [5.74, 6) is 0.404. The lowest BCUT2D eigenvalue weighted by Crippen LogP contribution is -2.13. The lowest BCUT2D eigenvalue weighted by Gasteiger charge is -2.02. The summed E-state index contributed by atoms with van der Waals surface area (Å²) in [6.07, 6.45) is 3.19. The number of benzene rings is 1. The Labute approximate surface area is 120 Å². The summed E-state index contributed by atoms with van der Waals surface area (Å²) in [6.45, 7) is 0. The standard InChI is InChI=1S/C13H10N4O3S/c14-21(18,19)11-6-2-1-5-10(11)12-16-13(20-17-12)9-4-3-7-15-8-9/h1-8H,(H2,14,18,19). The molecule has 106 valence electrons. The average molecular weight is 302 g/mol. The lowest BCUT2D eigenvalue weighted by atomic mass is 10.2. The molecule has 0 radical (unpaired) electrons. The van der Waals surface area contributed by atoms with Crippen molar-refractivity contribution in [3.05, 3.63) is 48.8 Å². The zero-order valence-corrected chi connectivity index (χ0v) is 11.5. The van der Waals surface area contributed by atoms with Crippen molar-refractivity contribution in [3.63, 3.8) is 0 Å². The quantitative estimate of drug-likeness (QED) is 0.783. The highest BCUT2D eigenvalue weighted by Crippen LogP contribution is 2.26. The van der Waals surface area contributed by atoms with E-state index in [0.717, 1.165) is 0 Å². The normalized spacial score (nSPS) is 11.5. The van der Waals surface area contributed by atoms with Gasteiger partial charge in [-0.1, -0.05) is 17.3 Å². The largest absolute Gasteiger partial charge is 0.334 e. The van der Waals surface area contributed by atoms with Crippen LogP contribution in [0, 0.1) is 0 Å². The molecular formula is C13H10N4O3S. The summed E-state index contributed by atoms with van der Waals surface area (Å²) in [5.41, 5.74) is 0.934. The third kappa shape index (κ3) is 2.67. The summed E-state index contributed by atoms with van der Waals surface area (Å²) >= 11 is 0. The topological polar surface area (TPSA) is 112 Å². The molecule has 21 heavy (non-hydrogen) atoms. The smallest absolute Gasteiger partial charge is 0.259 e. The summed E-state index contributed by atoms with van der Waals surface area (Å²) in [5, 5.41) is 8.99. The van der Waals surface area contributed by atoms with E-state index in [2.05, 4.69) is 15.1 Å². The fraction of sp³-hybridized carbons (Fsp3) is 0. The number of nitrogens with zero attached hydrogens (tertiary/aromatic N) is 3. The number of primary sulfonamides is 1. The fourth-order valence-corrected chi connectivity index (χ4v) is 2.57. The van der Waals surface area contributed by atoms with Gasteiger partial charge < -0.3 is 4.52 Å². The van der Waals surface area contributed by atoms with Gasteiger partial charge in [-0.3, -0.25) is 4.98 Å². The molecule has 0 atom stereocenters. The Bertz CT molecular complexity index is 875. The molecule has 2 aromatic heterocycles. The Hall–Kier alpha value is -2.58. The minimum Gasteiger partial charge on any atom is -0.334 e. The van der Waals surface area contributed by atoms with Gasteiger partial charge in [0.15, 0.2) is 0 Å². The molecule has 2 heterocycles. The number of nitrogens with two attached hydrogens (primary N) is 1. The number of rotatable bonds is 3. The highest BCUT2D eigenvalue weighted by atomic mass is 32.2. The maximum Gasteiger partial charge on any atom is 0.259 e. The summed E-state index contributed by atoms with van der Waals surface area (Å²) in [6, 6.07) is 9.70. The molecule has 2 N–H and O–H groups in total. The minimum atomic E-state index is -3.87. The van der Waals surface area contributed by atoms with Gasteiger partial charge in [-0.15, -0.1) is 0 Å². The van der Waals surface area contributed by atoms with Crippen molar-refractivity contribution >= 4 is 10.0 Å². The first-order chi connectivity index (χ1) is 10.1. The predicted octanol–water partition coefficient (Wildman–Crippen LogP) is 1.45. The van der Waals surface area contributed by atoms with Crippen LogP contribution in [-0.2, 0) is 10.0 Å². The molecule has 0 aliphatic carbocycles. The number of aromatic nitrogens is 3. The zero-order valence-electron chi connectivity index (χ0n) is 10.7. The molecule has 0 aliphatic rings. The van der Waals surface area contributed by atoms with E-state index in [0.29, 0.717) is 11.1 Å². The molecule has 0 spiro atoms. The van der Waals surface area contributed by atoms with E-state index in [-0.39, 0.29) is 16.6 Å². The van der Waals surface area contributed by atoms with Crippen LogP contribution in [0.15, 0.2) is 58.2 Å². The van der Waals surface area contributed by atoms with Crippen LogP contribution >= 0.6 is 0 Å². The van der Waals surface area contributed by atoms with Crippen molar-refractivity contribution < 1.29 is 12.9 Å². The summed E-state index contributed by atoms with van der Waals surface area (Å²) in [4.78, 5) is 8.09. The second-order valence-corrected chi connectivity index (χ2v) is 5.74. The first kappa shape index (κ1) is 13.4. The van der Waals surface area contributed by atoms with E-state index in [4.69, 9.17) is 9.66 Å². The lowest BCUT2D eigenvalue weighted by molar-refractivity contribution is 0.432. The first-order valence-corrected chi connectivity index (χ1v) is 7.46. The highest BCUT2D eigenvalue weighted by molar-refractivity contribution is 7.89. The van der Waals surface area contributed by atoms with Crippen LogP contribution in [0.2, 0.25) is 0 Å². The van der Waals surface area contributed by atoms with E-state index < -0.39 is 10.0 Å². The zero-order chi connectivity index (χ0) is 14.9. The molecule has 0 fully saturated rings. The van der Waals surface area contributed by atoms with Crippen LogP contribution in [-0.4, -0.2) is 23.5 Å². The predicted molar refractivity (Wildman–Crippen MR) is 74.3 cm³/mol. The monoisotopic (exact) mass is 302 g/mol. The molecule has 1 aromatic carbocycles. The number of sulfonamides is 1. The third-order valence-corrected chi connectivity index (χ3v) is 3.74. The van der Waals surface area contributed by atoms with Crippen LogP contribution in [0.25, 0.3) is 22.8 Å². The van der Waals surface area contributed by atoms with Gasteiger partial charge >= 0.3 is 0 Å². The van der Waals surface area contributed by atoms with Crippen LogP contribution in [0.1, 0.15) is 0 Å². The van der Waals surface area contributed by atoms with Crippen LogP contribution in [0.4, 0.5) is 0 Å². The van der Waals surface area contributed by atoms with Crippen molar-refractivity contribution in [2.24, 2.45) is 5.14 Å². The molecule has 7 nitrogen and oxygen atoms in total. The molecule has 3 rings (SSSR count). The van der Waals surface area contributed by atoms with Crippen LogP contribution in [0.3, 0.4) is 0 Å². The molecular weight excluding hydrogens is 292 g/mol. The second kappa shape index (κ2) is 5.08. The summed E-state index contributed by atoms with van der Waals surface area (Å²) < 4.78 is 28.3. The van der Waals surface area contributed by atoms with Gasteiger partial charge in [-0.05, 0) is 24.3 Å². The van der Waals surface area contributed by atoms with E-state index in [1.54, 1.807) is 42.7 Å². The van der Waals surface area contributed by atoms with Crippen molar-refractivity contribution in [2.45, 2.75) is 4.90 Å². The fourth-order valence-electron chi connectivity index (χ4n) is 1.84. The van der Waals surface area contributed by atoms with Crippen molar-refractivity contribution in [2.75, 3.05) is 0 Å². The van der Waals surface area contributed by atoms with Crippen molar-refractivity contribution in [1.82, 2.24) is 15.1 Å². The molecule has 0 saturated carbocycles. The van der Waals surface area contributed by atoms with Crippen LogP contribution < -0.4 is 5.14 Å². The molecule has 0 amide bonds. The molecule has 0 aliphatic heterocycles. The number of pyridine rings is 1. The Morgan fingerprint density at radius 2 is 1.90 bits per heavy atom. The van der Waals surface area contributed by atoms with E-state index >= 15 is 0 Å². The SMILES string of the molecule is NS(=O)(=O)c1ccccc1-c1noc(-c2cccnc2)n1. The summed E-state index contributed by atoms with van der Waals surface area (Å²) in [7, 11) is -3.87. The Kier molecular flexibility index (Phi) is 3.24. The molecule has 3 aromatic rings. The van der Waals surface area contributed by atoms with Gasteiger partial charge in [0.05, 0.1) is 10.5 Å². The molecule has 0 saturated heterocycles. The number of hydrogen-bond donors (Lipinski definition) is 1. The van der Waals surface area contributed by atoms with E-state index in [1.165, 1.54) is 6.07 Å². The van der Waals surface area contributed by atoms with E-state index in [1.807, 2.05) is 0 Å².